The van der Waals surface area contributed by atoms with Gasteiger partial charge in [-0.3, -0.25) is 4.79 Å². The number of amides is 3. The van der Waals surface area contributed by atoms with E-state index in [1.807, 2.05) is 6.92 Å². The van der Waals surface area contributed by atoms with E-state index in [0.29, 0.717) is 12.5 Å². The summed E-state index contributed by atoms with van der Waals surface area (Å²) in [6.45, 7) is 2.28. The zero-order valence-corrected chi connectivity index (χ0v) is 14.8. The first kappa shape index (κ1) is 19.5. The highest BCUT2D eigenvalue weighted by Crippen LogP contribution is 2.28. The fourth-order valence-corrected chi connectivity index (χ4v) is 2.72. The quantitative estimate of drug-likeness (QED) is 0.702. The van der Waals surface area contributed by atoms with E-state index in [4.69, 9.17) is 4.74 Å². The zero-order valence-electron chi connectivity index (χ0n) is 14.8. The Balaban J connectivity index is 1.72. The van der Waals surface area contributed by atoms with Crippen molar-refractivity contribution in [2.75, 3.05) is 18.1 Å². The molecule has 0 bridgehead atoms. The molecule has 0 N–H and O–H groups in total. The highest BCUT2D eigenvalue weighted by atomic mass is 19.4. The minimum absolute atomic E-state index is 0.147. The number of nitrogens with zero attached hydrogens (tertiary/aromatic N) is 3. The molecule has 3 amide bonds. The molecule has 3 rings (SSSR count). The largest absolute Gasteiger partial charge is 0.573 e. The van der Waals surface area contributed by atoms with Gasteiger partial charge in [-0.25, -0.2) is 14.7 Å². The van der Waals surface area contributed by atoms with E-state index in [-0.39, 0.29) is 18.8 Å². The zero-order chi connectivity index (χ0) is 20.3. The average Bonchev–Trinajstić information content (AvgIpc) is 2.89. The van der Waals surface area contributed by atoms with Crippen molar-refractivity contribution in [2.24, 2.45) is 0 Å². The van der Waals surface area contributed by atoms with Crippen molar-refractivity contribution in [2.45, 2.75) is 19.8 Å². The number of hydrogen-bond donors (Lipinski definition) is 0. The summed E-state index contributed by atoms with van der Waals surface area (Å²) in [5, 5.41) is 0. The van der Waals surface area contributed by atoms with Crippen LogP contribution in [0, 0.1) is 0 Å². The summed E-state index contributed by atoms with van der Waals surface area (Å²) in [6.07, 6.45) is -3.28. The molecule has 1 aliphatic heterocycles. The van der Waals surface area contributed by atoms with Gasteiger partial charge in [-0.1, -0.05) is 0 Å². The summed E-state index contributed by atoms with van der Waals surface area (Å²) in [5.74, 6) is -0.504. The summed E-state index contributed by atoms with van der Waals surface area (Å²) in [6, 6.07) is 7.34. The lowest BCUT2D eigenvalue weighted by Crippen LogP contribution is -2.32. The Bertz CT molecular complexity index is 871. The predicted octanol–water partition coefficient (Wildman–Crippen LogP) is 3.35. The minimum Gasteiger partial charge on any atom is -0.478 e. The summed E-state index contributed by atoms with van der Waals surface area (Å²) in [7, 11) is 0. The van der Waals surface area contributed by atoms with Crippen LogP contribution in [0.3, 0.4) is 0 Å². The number of alkyl halides is 3. The molecule has 10 heteroatoms. The molecule has 0 aliphatic carbocycles. The van der Waals surface area contributed by atoms with Crippen LogP contribution in [0.5, 0.6) is 11.6 Å². The van der Waals surface area contributed by atoms with Gasteiger partial charge >= 0.3 is 12.4 Å². The van der Waals surface area contributed by atoms with Crippen molar-refractivity contribution in [3.8, 4) is 11.6 Å². The number of aromatic nitrogens is 1. The normalized spacial score (nSPS) is 14.6. The van der Waals surface area contributed by atoms with Crippen molar-refractivity contribution in [1.29, 1.82) is 0 Å². The van der Waals surface area contributed by atoms with Crippen LogP contribution < -0.4 is 14.4 Å². The molecule has 1 aliphatic rings. The first-order chi connectivity index (χ1) is 13.3. The molecule has 28 heavy (non-hydrogen) atoms. The van der Waals surface area contributed by atoms with Gasteiger partial charge < -0.3 is 14.4 Å². The Morgan fingerprint density at radius 3 is 2.50 bits per heavy atom. The molecule has 148 valence electrons. The minimum atomic E-state index is -4.82. The topological polar surface area (TPSA) is 72.0 Å². The van der Waals surface area contributed by atoms with E-state index in [0.717, 1.165) is 22.6 Å². The molecule has 1 saturated heterocycles. The molecule has 0 saturated carbocycles. The van der Waals surface area contributed by atoms with E-state index >= 15 is 0 Å². The number of carbonyl (C=O) groups is 2. The number of imide groups is 1. The summed E-state index contributed by atoms with van der Waals surface area (Å²) < 4.78 is 45.8. The molecule has 0 spiro atoms. The second-order valence-corrected chi connectivity index (χ2v) is 5.84. The van der Waals surface area contributed by atoms with Gasteiger partial charge in [0.1, 0.15) is 12.3 Å². The number of anilines is 1. The molecule has 1 aromatic carbocycles. The first-order valence-corrected chi connectivity index (χ1v) is 8.32. The van der Waals surface area contributed by atoms with Crippen LogP contribution in [0.1, 0.15) is 12.5 Å². The lowest BCUT2D eigenvalue weighted by Gasteiger charge is -2.18. The van der Waals surface area contributed by atoms with Gasteiger partial charge in [0.05, 0.1) is 12.3 Å². The molecule has 0 unspecified atom stereocenters. The lowest BCUT2D eigenvalue weighted by atomic mass is 10.2. The number of carbonyl (C=O) groups excluding carboxylic acids is 2. The van der Waals surface area contributed by atoms with E-state index in [9.17, 15) is 22.8 Å². The maximum atomic E-state index is 12.6. The van der Waals surface area contributed by atoms with Gasteiger partial charge in [-0.05, 0) is 42.8 Å². The maximum Gasteiger partial charge on any atom is 0.573 e. The van der Waals surface area contributed by atoms with Crippen LogP contribution >= 0.6 is 0 Å². The van der Waals surface area contributed by atoms with Crippen molar-refractivity contribution < 1.29 is 32.2 Å². The van der Waals surface area contributed by atoms with Crippen molar-refractivity contribution in [3.63, 3.8) is 0 Å². The molecule has 2 heterocycles. The summed E-state index contributed by atoms with van der Waals surface area (Å²) >= 11 is 0. The van der Waals surface area contributed by atoms with Gasteiger partial charge in [0.2, 0.25) is 5.88 Å². The van der Waals surface area contributed by atoms with Gasteiger partial charge in [-0.15, -0.1) is 13.2 Å². The van der Waals surface area contributed by atoms with E-state index in [2.05, 4.69) is 9.72 Å². The molecular weight excluding hydrogens is 379 g/mol. The Morgan fingerprint density at radius 1 is 1.14 bits per heavy atom. The number of urea groups is 1. The highest BCUT2D eigenvalue weighted by molar-refractivity contribution is 6.19. The summed E-state index contributed by atoms with van der Waals surface area (Å²) in [4.78, 5) is 31.2. The fraction of sp³-hybridized carbons (Fsp3) is 0.278. The van der Waals surface area contributed by atoms with Gasteiger partial charge in [-0.2, -0.15) is 0 Å². The Hall–Kier alpha value is -3.30. The third-order valence-electron chi connectivity index (χ3n) is 3.83. The van der Waals surface area contributed by atoms with Crippen LogP contribution in [-0.2, 0) is 11.3 Å². The number of rotatable bonds is 6. The molecule has 2 aromatic rings. The van der Waals surface area contributed by atoms with Gasteiger partial charge in [0.15, 0.2) is 0 Å². The lowest BCUT2D eigenvalue weighted by molar-refractivity contribution is -0.274. The summed E-state index contributed by atoms with van der Waals surface area (Å²) in [5.41, 5.74) is 0.895. The van der Waals surface area contributed by atoms with Crippen LogP contribution in [-0.4, -0.2) is 41.3 Å². The predicted molar refractivity (Wildman–Crippen MR) is 91.8 cm³/mol. The van der Waals surface area contributed by atoms with Crippen molar-refractivity contribution >= 4 is 17.6 Å². The van der Waals surface area contributed by atoms with Gasteiger partial charge in [0.25, 0.3) is 5.91 Å². The average molecular weight is 395 g/mol. The van der Waals surface area contributed by atoms with Crippen LogP contribution in [0.2, 0.25) is 0 Å². The number of halogens is 3. The third-order valence-corrected chi connectivity index (χ3v) is 3.83. The second kappa shape index (κ2) is 7.75. The number of pyridine rings is 1. The Labute approximate surface area is 158 Å². The molecule has 0 radical (unpaired) electrons. The van der Waals surface area contributed by atoms with Crippen LogP contribution in [0.25, 0.3) is 0 Å². The standard InChI is InChI=1S/C18H16F3N3O4/c1-2-27-15-9-12(7-8-22-15)10-23-11-16(25)24(17(23)26)13-3-5-14(6-4-13)28-18(19,20)21/h3-9H,2,10-11H2,1H3. The number of benzene rings is 1. The monoisotopic (exact) mass is 395 g/mol. The van der Waals surface area contributed by atoms with Crippen LogP contribution in [0.15, 0.2) is 42.6 Å². The number of hydrogen-bond acceptors (Lipinski definition) is 5. The molecule has 7 nitrogen and oxygen atoms in total. The smallest absolute Gasteiger partial charge is 0.478 e. The maximum absolute atomic E-state index is 12.6. The second-order valence-electron chi connectivity index (χ2n) is 5.84. The highest BCUT2D eigenvalue weighted by Gasteiger charge is 2.37. The number of ether oxygens (including phenoxy) is 2. The van der Waals surface area contributed by atoms with Gasteiger partial charge in [0, 0.05) is 18.8 Å². The van der Waals surface area contributed by atoms with E-state index in [1.165, 1.54) is 17.0 Å². The SMILES string of the molecule is CCOc1cc(CN2CC(=O)N(c3ccc(OC(F)(F)F)cc3)C2=O)ccn1. The molecule has 1 fully saturated rings. The fourth-order valence-electron chi connectivity index (χ4n) is 2.72. The molecule has 1 aromatic heterocycles. The Morgan fingerprint density at radius 2 is 1.86 bits per heavy atom. The van der Waals surface area contributed by atoms with Crippen molar-refractivity contribution in [1.82, 2.24) is 9.88 Å². The molecule has 0 atom stereocenters. The molecular formula is C18H16F3N3O4. The van der Waals surface area contributed by atoms with E-state index < -0.39 is 24.1 Å². The van der Waals surface area contributed by atoms with Crippen LogP contribution in [0.4, 0.5) is 23.7 Å². The van der Waals surface area contributed by atoms with E-state index in [1.54, 1.807) is 18.3 Å². The van der Waals surface area contributed by atoms with Crippen molar-refractivity contribution in [3.05, 3.63) is 48.2 Å². The first-order valence-electron chi connectivity index (χ1n) is 8.32. The Kier molecular flexibility index (Phi) is 5.39. The third kappa shape index (κ3) is 4.51.